The van der Waals surface area contributed by atoms with Crippen LogP contribution < -0.4 is 5.73 Å². The van der Waals surface area contributed by atoms with Crippen LogP contribution in [0.1, 0.15) is 54.4 Å². The molecule has 0 aromatic heterocycles. The van der Waals surface area contributed by atoms with E-state index >= 15 is 0 Å². The molecule has 2 N–H and O–H groups in total. The topological polar surface area (TPSA) is 91.1 Å². The van der Waals surface area contributed by atoms with E-state index in [0.29, 0.717) is 38.8 Å². The fourth-order valence-corrected chi connectivity index (χ4v) is 2.23. The second-order valence-corrected chi connectivity index (χ2v) is 7.19. The lowest BCUT2D eigenvalue weighted by molar-refractivity contribution is -0.161. The molecule has 0 unspecified atom stereocenters. The first-order chi connectivity index (χ1) is 12.2. The lowest BCUT2D eigenvalue weighted by atomic mass is 10.1. The minimum absolute atomic E-state index is 0.127. The average Bonchev–Trinajstić information content (AvgIpc) is 2.56. The number of carbonyl (C=O) groups excluding carboxylic acids is 2. The Balaban J connectivity index is 4.86. The van der Waals surface area contributed by atoms with Crippen LogP contribution in [0.4, 0.5) is 0 Å². The molecule has 0 heterocycles. The van der Waals surface area contributed by atoms with Crippen LogP contribution >= 0.6 is 0 Å². The Morgan fingerprint density at radius 2 is 1.58 bits per heavy atom. The zero-order valence-electron chi connectivity index (χ0n) is 17.3. The maximum atomic E-state index is 12.8. The molecule has 7 heteroatoms. The molecule has 0 aliphatic rings. The fraction of sp³-hybridized carbons (Fsp3) is 0.895. The summed E-state index contributed by atoms with van der Waals surface area (Å²) >= 11 is 0. The van der Waals surface area contributed by atoms with Crippen LogP contribution in [0, 0.1) is 11.8 Å². The molecule has 0 aromatic carbocycles. The van der Waals surface area contributed by atoms with Gasteiger partial charge >= 0.3 is 5.97 Å². The van der Waals surface area contributed by atoms with Crippen LogP contribution in [0.2, 0.25) is 0 Å². The molecule has 1 amide bonds. The summed E-state index contributed by atoms with van der Waals surface area (Å²) in [5.41, 5.74) is 5.98. The lowest BCUT2D eigenvalue weighted by Crippen LogP contribution is -2.49. The van der Waals surface area contributed by atoms with E-state index in [1.807, 2.05) is 27.7 Å². The van der Waals surface area contributed by atoms with E-state index in [1.165, 1.54) is 0 Å². The van der Waals surface area contributed by atoms with Gasteiger partial charge in [-0.05, 0) is 32.1 Å². The highest BCUT2D eigenvalue weighted by Gasteiger charge is 2.26. The smallest absolute Gasteiger partial charge is 0.307 e. The number of nitrogens with zero attached hydrogens (tertiary/aromatic N) is 1. The summed E-state index contributed by atoms with van der Waals surface area (Å²) < 4.78 is 16.2. The summed E-state index contributed by atoms with van der Waals surface area (Å²) in [6.07, 6.45) is 0.208. The van der Waals surface area contributed by atoms with Crippen LogP contribution in [0.3, 0.4) is 0 Å². The fourth-order valence-electron chi connectivity index (χ4n) is 2.23. The summed E-state index contributed by atoms with van der Waals surface area (Å²) in [6.45, 7) is 14.0. The summed E-state index contributed by atoms with van der Waals surface area (Å²) in [5.74, 6) is -0.0483. The van der Waals surface area contributed by atoms with Crippen molar-refractivity contribution >= 4 is 11.9 Å². The first-order valence-electron chi connectivity index (χ1n) is 9.64. The predicted molar refractivity (Wildman–Crippen MR) is 101 cm³/mol. The molecule has 154 valence electrons. The molecular formula is C19H38N2O5. The standard InChI is InChI=1S/C19H38N2O5/c1-7-24-18(25-8-2)12-21(10-9-14(3)4)19(23)16(20)11-17(22)26-13-15(5)6/h14-16,18H,7-13,20H2,1-6H3/t16-/m0/s1. The average molecular weight is 375 g/mol. The molecule has 1 atom stereocenters. The minimum Gasteiger partial charge on any atom is -0.465 e. The Kier molecular flexibility index (Phi) is 13.3. The third-order valence-electron chi connectivity index (χ3n) is 3.64. The molecule has 7 nitrogen and oxygen atoms in total. The zero-order valence-corrected chi connectivity index (χ0v) is 17.3. The number of carbonyl (C=O) groups is 2. The molecule has 0 saturated carbocycles. The Labute approximate surface area is 158 Å². The van der Waals surface area contributed by atoms with Crippen molar-refractivity contribution in [2.75, 3.05) is 32.9 Å². The Bertz CT molecular complexity index is 395. The van der Waals surface area contributed by atoms with E-state index in [1.54, 1.807) is 4.90 Å². The quantitative estimate of drug-likeness (QED) is 0.370. The SMILES string of the molecule is CCOC(CN(CCC(C)C)C(=O)[C@@H](N)CC(=O)OCC(C)C)OCC. The van der Waals surface area contributed by atoms with Gasteiger partial charge in [-0.15, -0.1) is 0 Å². The number of esters is 1. The number of hydrogen-bond acceptors (Lipinski definition) is 6. The molecule has 0 bridgehead atoms. The van der Waals surface area contributed by atoms with Gasteiger partial charge in [-0.2, -0.15) is 0 Å². The van der Waals surface area contributed by atoms with Crippen molar-refractivity contribution in [2.45, 2.75) is 66.7 Å². The molecule has 0 spiro atoms. The largest absolute Gasteiger partial charge is 0.465 e. The Hall–Kier alpha value is -1.18. The van der Waals surface area contributed by atoms with E-state index in [0.717, 1.165) is 6.42 Å². The molecule has 0 radical (unpaired) electrons. The van der Waals surface area contributed by atoms with Crippen molar-refractivity contribution in [3.63, 3.8) is 0 Å². The van der Waals surface area contributed by atoms with Gasteiger partial charge < -0.3 is 24.8 Å². The molecule has 0 aliphatic carbocycles. The van der Waals surface area contributed by atoms with Gasteiger partial charge in [0, 0.05) is 19.8 Å². The monoisotopic (exact) mass is 374 g/mol. The van der Waals surface area contributed by atoms with Crippen molar-refractivity contribution in [2.24, 2.45) is 17.6 Å². The highest BCUT2D eigenvalue weighted by atomic mass is 16.7. The van der Waals surface area contributed by atoms with Crippen molar-refractivity contribution in [1.82, 2.24) is 4.90 Å². The van der Waals surface area contributed by atoms with E-state index in [9.17, 15) is 9.59 Å². The van der Waals surface area contributed by atoms with E-state index in [4.69, 9.17) is 19.9 Å². The summed E-state index contributed by atoms with van der Waals surface area (Å²) in [4.78, 5) is 26.2. The number of ether oxygens (including phenoxy) is 3. The van der Waals surface area contributed by atoms with Gasteiger partial charge in [-0.3, -0.25) is 9.59 Å². The molecule has 0 saturated heterocycles. The third kappa shape index (κ3) is 11.4. The first-order valence-corrected chi connectivity index (χ1v) is 9.64. The second-order valence-electron chi connectivity index (χ2n) is 7.19. The molecule has 0 aromatic rings. The van der Waals surface area contributed by atoms with E-state index < -0.39 is 18.3 Å². The second kappa shape index (κ2) is 13.9. The van der Waals surface area contributed by atoms with Crippen LogP contribution in [0.5, 0.6) is 0 Å². The van der Waals surface area contributed by atoms with Crippen molar-refractivity contribution < 1.29 is 23.8 Å². The van der Waals surface area contributed by atoms with E-state index in [-0.39, 0.29) is 18.2 Å². The maximum absolute atomic E-state index is 12.8. The van der Waals surface area contributed by atoms with Gasteiger partial charge in [0.05, 0.1) is 25.6 Å². The van der Waals surface area contributed by atoms with Crippen LogP contribution in [0.15, 0.2) is 0 Å². The summed E-state index contributed by atoms with van der Waals surface area (Å²) in [5, 5.41) is 0. The molecular weight excluding hydrogens is 336 g/mol. The maximum Gasteiger partial charge on any atom is 0.307 e. The highest BCUT2D eigenvalue weighted by molar-refractivity contribution is 5.86. The van der Waals surface area contributed by atoms with Crippen molar-refractivity contribution in [3.8, 4) is 0 Å². The number of hydrogen-bond donors (Lipinski definition) is 1. The van der Waals surface area contributed by atoms with Gasteiger partial charge in [-0.1, -0.05) is 27.7 Å². The zero-order chi connectivity index (χ0) is 20.1. The van der Waals surface area contributed by atoms with Gasteiger partial charge in [0.1, 0.15) is 0 Å². The van der Waals surface area contributed by atoms with Crippen molar-refractivity contribution in [3.05, 3.63) is 0 Å². The molecule has 0 rings (SSSR count). The predicted octanol–water partition coefficient (Wildman–Crippen LogP) is 2.18. The van der Waals surface area contributed by atoms with Gasteiger partial charge in [-0.25, -0.2) is 0 Å². The molecule has 0 aliphatic heterocycles. The Morgan fingerprint density at radius 3 is 2.04 bits per heavy atom. The number of nitrogens with two attached hydrogens (primary N) is 1. The molecule has 26 heavy (non-hydrogen) atoms. The van der Waals surface area contributed by atoms with Gasteiger partial charge in [0.25, 0.3) is 0 Å². The van der Waals surface area contributed by atoms with Gasteiger partial charge in [0.2, 0.25) is 5.91 Å². The minimum atomic E-state index is -0.925. The normalized spacial score (nSPS) is 12.7. The van der Waals surface area contributed by atoms with Crippen LogP contribution in [0.25, 0.3) is 0 Å². The first kappa shape index (κ1) is 24.8. The lowest BCUT2D eigenvalue weighted by Gasteiger charge is -2.30. The van der Waals surface area contributed by atoms with Crippen LogP contribution in [-0.4, -0.2) is 62.0 Å². The summed E-state index contributed by atoms with van der Waals surface area (Å²) in [7, 11) is 0. The Morgan fingerprint density at radius 1 is 1.00 bits per heavy atom. The van der Waals surface area contributed by atoms with Gasteiger partial charge in [0.15, 0.2) is 6.29 Å². The van der Waals surface area contributed by atoms with Crippen LogP contribution in [-0.2, 0) is 23.8 Å². The van der Waals surface area contributed by atoms with Crippen molar-refractivity contribution in [1.29, 1.82) is 0 Å². The highest BCUT2D eigenvalue weighted by Crippen LogP contribution is 2.09. The number of amides is 1. The third-order valence-corrected chi connectivity index (χ3v) is 3.64. The van der Waals surface area contributed by atoms with E-state index in [2.05, 4.69) is 13.8 Å². The summed E-state index contributed by atoms with van der Waals surface area (Å²) in [6, 6.07) is -0.925. The molecule has 0 fully saturated rings. The number of rotatable bonds is 14.